The molecule has 0 saturated carbocycles. The number of phosphoric acid groups is 1. The van der Waals surface area contributed by atoms with Gasteiger partial charge >= 0.3 is 5.97 Å². The molecule has 0 heterocycles. The van der Waals surface area contributed by atoms with E-state index in [2.05, 4.69) is 111 Å². The molecule has 8 nitrogen and oxygen atoms in total. The van der Waals surface area contributed by atoms with Crippen molar-refractivity contribution < 1.29 is 37.3 Å². The Kier molecular flexibility index (Phi) is 47.9. The largest absolute Gasteiger partial charge is 0.756 e. The molecule has 0 aliphatic carbocycles. The second kappa shape index (κ2) is 49.8. The summed E-state index contributed by atoms with van der Waals surface area (Å²) in [5.74, 6) is -0.346. The number of hydrogen-bond acceptors (Lipinski definition) is 7. The van der Waals surface area contributed by atoms with Crippen LogP contribution in [0.4, 0.5) is 0 Å². The summed E-state index contributed by atoms with van der Waals surface area (Å²) in [4.78, 5) is 25.2. The predicted molar refractivity (Wildman–Crippen MR) is 286 cm³/mol. The van der Waals surface area contributed by atoms with Crippen LogP contribution in [0.1, 0.15) is 206 Å². The molecule has 2 unspecified atom stereocenters. The summed E-state index contributed by atoms with van der Waals surface area (Å²) in [5, 5.41) is 0. The van der Waals surface area contributed by atoms with Crippen LogP contribution in [0.3, 0.4) is 0 Å². The van der Waals surface area contributed by atoms with E-state index >= 15 is 0 Å². The van der Waals surface area contributed by atoms with Crippen molar-refractivity contribution in [1.29, 1.82) is 0 Å². The van der Waals surface area contributed by atoms with Gasteiger partial charge in [0.2, 0.25) is 0 Å². The van der Waals surface area contributed by atoms with Crippen molar-refractivity contribution in [1.82, 2.24) is 0 Å². The van der Waals surface area contributed by atoms with Crippen LogP contribution in [0.25, 0.3) is 0 Å². The first kappa shape index (κ1) is 64.4. The molecule has 0 spiro atoms. The number of ether oxygens (including phenoxy) is 2. The molecule has 0 aromatic heterocycles. The highest BCUT2D eigenvalue weighted by Gasteiger charge is 2.20. The van der Waals surface area contributed by atoms with Crippen molar-refractivity contribution >= 4 is 13.8 Å². The number of allylic oxidation sites excluding steroid dienone is 16. The van der Waals surface area contributed by atoms with E-state index in [1.54, 1.807) is 0 Å². The molecule has 386 valence electrons. The van der Waals surface area contributed by atoms with E-state index in [0.29, 0.717) is 24.1 Å². The number of esters is 1. The van der Waals surface area contributed by atoms with Gasteiger partial charge in [0, 0.05) is 13.0 Å². The molecule has 0 aromatic rings. The van der Waals surface area contributed by atoms with Gasteiger partial charge in [-0.25, -0.2) is 0 Å². The molecule has 0 fully saturated rings. The Balaban J connectivity index is 4.17. The molecule has 2 atom stereocenters. The third kappa shape index (κ3) is 54.2. The number of carbonyl (C=O) groups excluding carboxylic acids is 1. The Labute approximate surface area is 413 Å². The van der Waals surface area contributed by atoms with E-state index in [9.17, 15) is 14.3 Å². The molecule has 0 aliphatic rings. The minimum absolute atomic E-state index is 0.0177. The fourth-order valence-corrected chi connectivity index (χ4v) is 7.72. The quantitative estimate of drug-likeness (QED) is 0.0197. The highest BCUT2D eigenvalue weighted by atomic mass is 31.2. The predicted octanol–water partition coefficient (Wildman–Crippen LogP) is 16.3. The number of nitrogens with zero attached hydrogens (tertiary/aromatic N) is 1. The van der Waals surface area contributed by atoms with Gasteiger partial charge in [0.05, 0.1) is 34.4 Å². The van der Waals surface area contributed by atoms with E-state index in [1.165, 1.54) is 96.3 Å². The van der Waals surface area contributed by atoms with Crippen molar-refractivity contribution in [3.05, 3.63) is 97.2 Å². The van der Waals surface area contributed by atoms with E-state index < -0.39 is 13.9 Å². The number of unbranched alkanes of at least 4 members (excludes halogenated alkanes) is 19. The normalized spacial score (nSPS) is 14.3. The number of quaternary nitrogens is 1. The molecule has 0 aliphatic heterocycles. The summed E-state index contributed by atoms with van der Waals surface area (Å²) in [7, 11) is 1.33. The lowest BCUT2D eigenvalue weighted by Gasteiger charge is -2.28. The van der Waals surface area contributed by atoms with Crippen LogP contribution in [0.5, 0.6) is 0 Å². The Morgan fingerprint density at radius 3 is 1.30 bits per heavy atom. The summed E-state index contributed by atoms with van der Waals surface area (Å²) in [6.07, 6.45) is 68.6. The second-order valence-electron chi connectivity index (χ2n) is 18.9. The summed E-state index contributed by atoms with van der Waals surface area (Å²) in [6.45, 7) is 5.23. The van der Waals surface area contributed by atoms with Crippen molar-refractivity contribution in [2.24, 2.45) is 0 Å². The molecule has 9 heteroatoms. The van der Waals surface area contributed by atoms with E-state index in [4.69, 9.17) is 18.5 Å². The Morgan fingerprint density at radius 1 is 0.478 bits per heavy atom. The molecule has 0 aromatic carbocycles. The fraction of sp³-hybridized carbons (Fsp3) is 0.707. The minimum atomic E-state index is -4.54. The van der Waals surface area contributed by atoms with Gasteiger partial charge < -0.3 is 27.9 Å². The van der Waals surface area contributed by atoms with Crippen molar-refractivity contribution in [3.8, 4) is 0 Å². The van der Waals surface area contributed by atoms with E-state index in [1.807, 2.05) is 21.1 Å². The molecule has 0 bridgehead atoms. The number of carbonyl (C=O) groups is 1. The zero-order chi connectivity index (χ0) is 49.0. The smallest absolute Gasteiger partial charge is 0.306 e. The van der Waals surface area contributed by atoms with Crippen LogP contribution < -0.4 is 4.89 Å². The van der Waals surface area contributed by atoms with Gasteiger partial charge in [-0.3, -0.25) is 9.36 Å². The summed E-state index contributed by atoms with van der Waals surface area (Å²) >= 11 is 0. The Morgan fingerprint density at radius 2 is 0.866 bits per heavy atom. The lowest BCUT2D eigenvalue weighted by Crippen LogP contribution is -2.37. The average Bonchev–Trinajstić information content (AvgIpc) is 3.29. The van der Waals surface area contributed by atoms with E-state index in [-0.39, 0.29) is 25.8 Å². The van der Waals surface area contributed by atoms with Crippen LogP contribution in [0, 0.1) is 0 Å². The van der Waals surface area contributed by atoms with Crippen molar-refractivity contribution in [2.45, 2.75) is 213 Å². The fourth-order valence-electron chi connectivity index (χ4n) is 6.99. The molecule has 0 saturated heterocycles. The summed E-state index contributed by atoms with van der Waals surface area (Å²) < 4.78 is 34.8. The number of rotatable bonds is 49. The van der Waals surface area contributed by atoms with Crippen LogP contribution in [0.2, 0.25) is 0 Å². The Hall–Kier alpha value is -2.58. The standard InChI is InChI=1S/C58H102NO7P/c1-6-8-10-12-14-16-18-20-22-24-26-27-28-29-30-31-32-34-36-38-40-42-44-46-48-50-53-63-55-57(56-65-67(61,62)64-54-52-59(3,4)5)66-58(60)51-49-47-45-43-41-39-37-35-33-25-23-21-19-17-15-13-11-9-7-2/h8,10,14-17,20-23,26-27,29-30,32,34,57H,6-7,9,11-13,18-19,24-25,28,31,33,35-56H2,1-5H3/b10-8-,16-14-,17-15-,22-20-,23-21-,27-26-,30-29-,34-32-. The zero-order valence-electron chi connectivity index (χ0n) is 43.8. The van der Waals surface area contributed by atoms with Gasteiger partial charge in [0.25, 0.3) is 7.82 Å². The zero-order valence-corrected chi connectivity index (χ0v) is 44.7. The monoisotopic (exact) mass is 956 g/mol. The minimum Gasteiger partial charge on any atom is -0.756 e. The van der Waals surface area contributed by atoms with Gasteiger partial charge in [-0.1, -0.05) is 201 Å². The molecule has 0 rings (SSSR count). The van der Waals surface area contributed by atoms with Gasteiger partial charge in [-0.15, -0.1) is 0 Å². The van der Waals surface area contributed by atoms with Crippen molar-refractivity contribution in [2.75, 3.05) is 54.1 Å². The molecule has 67 heavy (non-hydrogen) atoms. The van der Waals surface area contributed by atoms with Crippen molar-refractivity contribution in [3.63, 3.8) is 0 Å². The van der Waals surface area contributed by atoms with Gasteiger partial charge in [0.15, 0.2) is 0 Å². The first-order chi connectivity index (χ1) is 32.6. The van der Waals surface area contributed by atoms with Crippen LogP contribution >= 0.6 is 7.82 Å². The lowest BCUT2D eigenvalue weighted by atomic mass is 10.1. The number of phosphoric ester groups is 1. The maximum absolute atomic E-state index is 12.8. The van der Waals surface area contributed by atoms with Crippen LogP contribution in [0.15, 0.2) is 97.2 Å². The summed E-state index contributed by atoms with van der Waals surface area (Å²) in [6, 6.07) is 0. The molecular weight excluding hydrogens is 854 g/mol. The topological polar surface area (TPSA) is 94.1 Å². The highest BCUT2D eigenvalue weighted by molar-refractivity contribution is 7.45. The SMILES string of the molecule is CC/C=C\C/C=C\C/C=C\C/C=C\C/C=C\C/C=C\CCCCCCCCCOCC(COP(=O)([O-])OCC[N+](C)(C)C)OC(=O)CCCCCCCCCCC/C=C\C/C=C\CCCCC. The Bertz CT molecular complexity index is 1390. The molecule has 0 radical (unpaired) electrons. The molecule has 0 amide bonds. The third-order valence-corrected chi connectivity index (χ3v) is 12.1. The molecular formula is C58H102NO7P. The van der Waals surface area contributed by atoms with Gasteiger partial charge in [-0.05, 0) is 96.3 Å². The van der Waals surface area contributed by atoms with Crippen LogP contribution in [-0.4, -0.2) is 70.7 Å². The first-order valence-electron chi connectivity index (χ1n) is 27.0. The third-order valence-electron chi connectivity index (χ3n) is 11.1. The number of likely N-dealkylation sites (N-methyl/N-ethyl adjacent to an activating group) is 1. The maximum atomic E-state index is 12.8. The maximum Gasteiger partial charge on any atom is 0.306 e. The molecule has 0 N–H and O–H groups in total. The second-order valence-corrected chi connectivity index (χ2v) is 20.3. The highest BCUT2D eigenvalue weighted by Crippen LogP contribution is 2.38. The van der Waals surface area contributed by atoms with Gasteiger partial charge in [0.1, 0.15) is 19.3 Å². The summed E-state index contributed by atoms with van der Waals surface area (Å²) in [5.41, 5.74) is 0. The van der Waals surface area contributed by atoms with Crippen LogP contribution in [-0.2, 0) is 27.9 Å². The van der Waals surface area contributed by atoms with Gasteiger partial charge in [-0.2, -0.15) is 0 Å². The number of hydrogen-bond donors (Lipinski definition) is 0. The lowest BCUT2D eigenvalue weighted by molar-refractivity contribution is -0.870. The first-order valence-corrected chi connectivity index (χ1v) is 28.4. The average molecular weight is 956 g/mol. The van der Waals surface area contributed by atoms with E-state index in [0.717, 1.165) is 89.9 Å².